The van der Waals surface area contributed by atoms with Crippen LogP contribution in [0.4, 0.5) is 10.1 Å². The third-order valence-electron chi connectivity index (χ3n) is 3.93. The maximum atomic E-state index is 14.2. The number of hydrazone groups is 1. The van der Waals surface area contributed by atoms with E-state index in [1.165, 1.54) is 12.3 Å². The van der Waals surface area contributed by atoms with Crippen molar-refractivity contribution < 1.29 is 9.18 Å². The van der Waals surface area contributed by atoms with E-state index in [0.29, 0.717) is 16.1 Å². The zero-order valence-corrected chi connectivity index (χ0v) is 13.8. The highest BCUT2D eigenvalue weighted by Gasteiger charge is 2.13. The summed E-state index contributed by atoms with van der Waals surface area (Å²) < 4.78 is 14.2. The van der Waals surface area contributed by atoms with Gasteiger partial charge in [-0.05, 0) is 55.3 Å². The molecule has 0 atom stereocenters. The Balaban J connectivity index is 1.63. The Morgan fingerprint density at radius 2 is 1.88 bits per heavy atom. The van der Waals surface area contributed by atoms with Crippen LogP contribution in [-0.4, -0.2) is 25.2 Å². The van der Waals surface area contributed by atoms with Gasteiger partial charge in [-0.15, -0.1) is 0 Å². The molecular weight excluding hydrogens is 329 g/mol. The van der Waals surface area contributed by atoms with Gasteiger partial charge in [0, 0.05) is 34.9 Å². The number of carbonyl (C=O) groups is 1. The summed E-state index contributed by atoms with van der Waals surface area (Å²) in [7, 11) is 0. The average Bonchev–Trinajstić information content (AvgIpc) is 3.11. The number of carbonyl (C=O) groups excluding carboxylic acids is 1. The first-order chi connectivity index (χ1) is 11.6. The molecule has 0 unspecified atom stereocenters. The van der Waals surface area contributed by atoms with Crippen LogP contribution in [0.5, 0.6) is 0 Å². The number of amides is 1. The maximum absolute atomic E-state index is 14.2. The Morgan fingerprint density at radius 1 is 1.17 bits per heavy atom. The number of nitrogens with one attached hydrogen (secondary N) is 1. The molecule has 0 saturated carbocycles. The molecule has 2 aromatic rings. The lowest BCUT2D eigenvalue weighted by molar-refractivity contribution is 0.0955. The highest BCUT2D eigenvalue weighted by Crippen LogP contribution is 2.22. The number of hydrogen-bond acceptors (Lipinski definition) is 3. The van der Waals surface area contributed by atoms with Gasteiger partial charge in [0.1, 0.15) is 5.82 Å². The summed E-state index contributed by atoms with van der Waals surface area (Å²) in [6, 6.07) is 11.5. The second-order valence-corrected chi connectivity index (χ2v) is 6.04. The van der Waals surface area contributed by atoms with Crippen LogP contribution >= 0.6 is 11.6 Å². The molecular formula is C18H17ClFN3O. The van der Waals surface area contributed by atoms with Gasteiger partial charge in [0.2, 0.25) is 0 Å². The third kappa shape index (κ3) is 3.92. The van der Waals surface area contributed by atoms with Crippen molar-refractivity contribution in [3.8, 4) is 0 Å². The molecule has 6 heteroatoms. The molecule has 124 valence electrons. The van der Waals surface area contributed by atoms with Crippen LogP contribution in [-0.2, 0) is 0 Å². The van der Waals surface area contributed by atoms with E-state index in [1.807, 2.05) is 6.07 Å². The molecule has 0 spiro atoms. The Labute approximate surface area is 144 Å². The number of halogens is 2. The van der Waals surface area contributed by atoms with E-state index < -0.39 is 0 Å². The fraction of sp³-hybridized carbons (Fsp3) is 0.222. The summed E-state index contributed by atoms with van der Waals surface area (Å²) in [5.41, 5.74) is 4.02. The summed E-state index contributed by atoms with van der Waals surface area (Å²) in [5, 5.41) is 4.37. The molecule has 0 aromatic heterocycles. The van der Waals surface area contributed by atoms with Crippen LogP contribution in [0.1, 0.15) is 28.8 Å². The van der Waals surface area contributed by atoms with Crippen molar-refractivity contribution in [3.63, 3.8) is 0 Å². The zero-order chi connectivity index (χ0) is 16.9. The second kappa shape index (κ2) is 7.45. The van der Waals surface area contributed by atoms with Gasteiger partial charge in [-0.3, -0.25) is 4.79 Å². The quantitative estimate of drug-likeness (QED) is 0.676. The highest BCUT2D eigenvalue weighted by atomic mass is 35.5. The summed E-state index contributed by atoms with van der Waals surface area (Å²) in [5.74, 6) is -0.735. The molecule has 0 radical (unpaired) electrons. The maximum Gasteiger partial charge on any atom is 0.271 e. The lowest BCUT2D eigenvalue weighted by Crippen LogP contribution is -2.18. The standard InChI is InChI=1S/C18H17ClFN3O/c19-15-6-3-13(4-7-15)18(24)22-21-12-14-5-8-16(11-17(14)20)23-9-1-2-10-23/h3-8,11-12H,1-2,9-10H2,(H,22,24)/b21-12-. The largest absolute Gasteiger partial charge is 0.371 e. The van der Waals surface area contributed by atoms with Gasteiger partial charge in [-0.25, -0.2) is 9.82 Å². The zero-order valence-electron chi connectivity index (χ0n) is 13.0. The molecule has 1 fully saturated rings. The van der Waals surface area contributed by atoms with E-state index in [2.05, 4.69) is 15.4 Å². The number of nitrogens with zero attached hydrogens (tertiary/aromatic N) is 2. The first kappa shape index (κ1) is 16.5. The monoisotopic (exact) mass is 345 g/mol. The number of anilines is 1. The van der Waals surface area contributed by atoms with Gasteiger partial charge in [-0.1, -0.05) is 11.6 Å². The lowest BCUT2D eigenvalue weighted by Gasteiger charge is -2.17. The van der Waals surface area contributed by atoms with E-state index >= 15 is 0 Å². The van der Waals surface area contributed by atoms with E-state index in [-0.39, 0.29) is 11.7 Å². The minimum atomic E-state index is -0.378. The van der Waals surface area contributed by atoms with E-state index in [9.17, 15) is 9.18 Å². The van der Waals surface area contributed by atoms with Crippen LogP contribution in [0.2, 0.25) is 5.02 Å². The summed E-state index contributed by atoms with van der Waals surface area (Å²) in [6.45, 7) is 1.92. The fourth-order valence-corrected chi connectivity index (χ4v) is 2.75. The first-order valence-corrected chi connectivity index (χ1v) is 8.15. The van der Waals surface area contributed by atoms with Crippen LogP contribution in [0.15, 0.2) is 47.6 Å². The van der Waals surface area contributed by atoms with E-state index in [4.69, 9.17) is 11.6 Å². The van der Waals surface area contributed by atoms with Crippen molar-refractivity contribution >= 4 is 29.4 Å². The fourth-order valence-electron chi connectivity index (χ4n) is 2.62. The second-order valence-electron chi connectivity index (χ2n) is 5.61. The van der Waals surface area contributed by atoms with Crippen LogP contribution in [0.25, 0.3) is 0 Å². The average molecular weight is 346 g/mol. The molecule has 3 rings (SSSR count). The molecule has 1 saturated heterocycles. The number of benzene rings is 2. The molecule has 0 bridgehead atoms. The predicted molar refractivity (Wildman–Crippen MR) is 94.4 cm³/mol. The van der Waals surface area contributed by atoms with E-state index in [1.54, 1.807) is 30.3 Å². The van der Waals surface area contributed by atoms with Gasteiger partial charge in [0.25, 0.3) is 5.91 Å². The van der Waals surface area contributed by atoms with Crippen molar-refractivity contribution in [3.05, 3.63) is 64.4 Å². The normalized spacial score (nSPS) is 14.3. The molecule has 1 aliphatic rings. The SMILES string of the molecule is O=C(N/N=C\c1ccc(N2CCCC2)cc1F)c1ccc(Cl)cc1. The molecule has 2 aromatic carbocycles. The van der Waals surface area contributed by atoms with Crippen molar-refractivity contribution in [1.29, 1.82) is 0 Å². The minimum Gasteiger partial charge on any atom is -0.371 e. The summed E-state index contributed by atoms with van der Waals surface area (Å²) in [4.78, 5) is 14.0. The summed E-state index contributed by atoms with van der Waals surface area (Å²) >= 11 is 5.77. The topological polar surface area (TPSA) is 44.7 Å². The summed E-state index contributed by atoms with van der Waals surface area (Å²) in [6.07, 6.45) is 3.58. The molecule has 24 heavy (non-hydrogen) atoms. The molecule has 1 N–H and O–H groups in total. The molecule has 1 amide bonds. The van der Waals surface area contributed by atoms with Crippen LogP contribution in [0.3, 0.4) is 0 Å². The van der Waals surface area contributed by atoms with Crippen molar-refractivity contribution in [2.75, 3.05) is 18.0 Å². The Hall–Kier alpha value is -2.40. The number of rotatable bonds is 4. The molecule has 4 nitrogen and oxygen atoms in total. The first-order valence-electron chi connectivity index (χ1n) is 7.77. The van der Waals surface area contributed by atoms with E-state index in [0.717, 1.165) is 31.6 Å². The Bertz CT molecular complexity index is 755. The van der Waals surface area contributed by atoms with Gasteiger partial charge in [0.15, 0.2) is 0 Å². The lowest BCUT2D eigenvalue weighted by atomic mass is 10.2. The number of hydrogen-bond donors (Lipinski definition) is 1. The van der Waals surface area contributed by atoms with Crippen molar-refractivity contribution in [2.45, 2.75) is 12.8 Å². The smallest absolute Gasteiger partial charge is 0.271 e. The minimum absolute atomic E-state index is 0.328. The van der Waals surface area contributed by atoms with Gasteiger partial charge >= 0.3 is 0 Å². The predicted octanol–water partition coefficient (Wildman–Crippen LogP) is 3.84. The molecule has 0 aliphatic carbocycles. The third-order valence-corrected chi connectivity index (χ3v) is 4.18. The molecule has 1 aliphatic heterocycles. The Kier molecular flexibility index (Phi) is 5.11. The van der Waals surface area contributed by atoms with Crippen LogP contribution in [0, 0.1) is 5.82 Å². The highest BCUT2D eigenvalue weighted by molar-refractivity contribution is 6.30. The Morgan fingerprint density at radius 3 is 2.54 bits per heavy atom. The van der Waals surface area contributed by atoms with Gasteiger partial charge < -0.3 is 4.90 Å². The van der Waals surface area contributed by atoms with Crippen LogP contribution < -0.4 is 10.3 Å². The molecule has 1 heterocycles. The van der Waals surface area contributed by atoms with Crippen molar-refractivity contribution in [2.24, 2.45) is 5.10 Å². The van der Waals surface area contributed by atoms with Crippen molar-refractivity contribution in [1.82, 2.24) is 5.43 Å². The van der Waals surface area contributed by atoms with Gasteiger partial charge in [0.05, 0.1) is 6.21 Å². The van der Waals surface area contributed by atoms with Gasteiger partial charge in [-0.2, -0.15) is 5.10 Å².